The second-order valence-corrected chi connectivity index (χ2v) is 7.49. The zero-order valence-corrected chi connectivity index (χ0v) is 14.3. The molecule has 0 amide bonds. The predicted molar refractivity (Wildman–Crippen MR) is 92.3 cm³/mol. The lowest BCUT2D eigenvalue weighted by atomic mass is 10.1. The molecule has 118 valence electrons. The molecule has 2 rings (SSSR count). The average Bonchev–Trinajstić information content (AvgIpc) is 2.53. The first-order chi connectivity index (χ1) is 10.6. The Kier molecular flexibility index (Phi) is 6.61. The molecule has 0 aromatic heterocycles. The molecule has 0 fully saturated rings. The summed E-state index contributed by atoms with van der Waals surface area (Å²) in [6, 6.07) is 14.8. The summed E-state index contributed by atoms with van der Waals surface area (Å²) in [6.07, 6.45) is 1.68. The third kappa shape index (κ3) is 4.93. The van der Waals surface area contributed by atoms with E-state index in [-0.39, 0.29) is 11.9 Å². The fraction of sp³-hybridized carbons (Fsp3) is 0.294. The van der Waals surface area contributed by atoms with Crippen LogP contribution in [0.15, 0.2) is 58.3 Å². The molecule has 0 aliphatic carbocycles. The maximum Gasteiger partial charge on any atom is 0.136 e. The molecule has 0 saturated heterocycles. The predicted octanol–water partition coefficient (Wildman–Crippen LogP) is 4.01. The second-order valence-electron chi connectivity index (χ2n) is 4.98. The van der Waals surface area contributed by atoms with Gasteiger partial charge in [0, 0.05) is 45.2 Å². The Balaban J connectivity index is 1.79. The molecule has 0 heterocycles. The Morgan fingerprint density at radius 1 is 1.18 bits per heavy atom. The number of nitrogens with one attached hydrogen (secondary N) is 1. The van der Waals surface area contributed by atoms with E-state index in [1.54, 1.807) is 18.4 Å². The van der Waals surface area contributed by atoms with Crippen LogP contribution in [0.25, 0.3) is 0 Å². The number of rotatable bonds is 7. The van der Waals surface area contributed by atoms with Gasteiger partial charge in [-0.05, 0) is 36.8 Å². The van der Waals surface area contributed by atoms with Crippen LogP contribution in [-0.2, 0) is 10.8 Å². The molecule has 5 heteroatoms. The molecule has 2 aromatic rings. The van der Waals surface area contributed by atoms with Crippen molar-refractivity contribution in [1.29, 1.82) is 0 Å². The molecule has 0 unspecified atom stereocenters. The van der Waals surface area contributed by atoms with Gasteiger partial charge in [-0.15, -0.1) is 11.8 Å². The molecule has 22 heavy (non-hydrogen) atoms. The monoisotopic (exact) mass is 337 g/mol. The lowest BCUT2D eigenvalue weighted by molar-refractivity contribution is 0.596. The third-order valence-electron chi connectivity index (χ3n) is 3.36. The van der Waals surface area contributed by atoms with Crippen molar-refractivity contribution in [2.24, 2.45) is 0 Å². The van der Waals surface area contributed by atoms with Crippen molar-refractivity contribution in [2.45, 2.75) is 22.8 Å². The molecule has 1 N–H and O–H groups in total. The Morgan fingerprint density at radius 2 is 1.86 bits per heavy atom. The van der Waals surface area contributed by atoms with Gasteiger partial charge in [0.2, 0.25) is 0 Å². The number of hydrogen-bond donors (Lipinski definition) is 1. The summed E-state index contributed by atoms with van der Waals surface area (Å²) in [5.74, 6) is 0.645. The highest BCUT2D eigenvalue weighted by atomic mass is 32.2. The molecule has 0 aliphatic rings. The molecule has 0 radical (unpaired) electrons. The van der Waals surface area contributed by atoms with E-state index in [1.165, 1.54) is 17.8 Å². The molecule has 2 nitrogen and oxygen atoms in total. The van der Waals surface area contributed by atoms with Gasteiger partial charge in [0.05, 0.1) is 0 Å². The summed E-state index contributed by atoms with van der Waals surface area (Å²) >= 11 is 1.51. The largest absolute Gasteiger partial charge is 0.309 e. The smallest absolute Gasteiger partial charge is 0.136 e. The van der Waals surface area contributed by atoms with Crippen molar-refractivity contribution in [2.75, 3.05) is 18.6 Å². The van der Waals surface area contributed by atoms with E-state index in [0.29, 0.717) is 4.90 Å². The number of thioether (sulfide) groups is 1. The first kappa shape index (κ1) is 17.2. The Morgan fingerprint density at radius 3 is 2.50 bits per heavy atom. The van der Waals surface area contributed by atoms with Crippen molar-refractivity contribution in [3.63, 3.8) is 0 Å². The molecule has 2 aromatic carbocycles. The van der Waals surface area contributed by atoms with Gasteiger partial charge in [0.25, 0.3) is 0 Å². The van der Waals surface area contributed by atoms with Crippen LogP contribution in [0, 0.1) is 5.82 Å². The third-order valence-corrected chi connectivity index (χ3v) is 5.35. The van der Waals surface area contributed by atoms with E-state index < -0.39 is 10.8 Å². The van der Waals surface area contributed by atoms with E-state index in [0.717, 1.165) is 22.8 Å². The molecule has 0 bridgehead atoms. The second kappa shape index (κ2) is 8.46. The summed E-state index contributed by atoms with van der Waals surface area (Å²) in [5, 5.41) is 3.42. The van der Waals surface area contributed by atoms with Gasteiger partial charge in [-0.2, -0.15) is 0 Å². The van der Waals surface area contributed by atoms with Gasteiger partial charge in [-0.1, -0.05) is 24.3 Å². The van der Waals surface area contributed by atoms with Crippen molar-refractivity contribution < 1.29 is 8.60 Å². The van der Waals surface area contributed by atoms with Crippen LogP contribution in [0.3, 0.4) is 0 Å². The fourth-order valence-corrected chi connectivity index (χ4v) is 3.40. The summed E-state index contributed by atoms with van der Waals surface area (Å²) in [4.78, 5) is 1.53. The molecule has 2 atom stereocenters. The topological polar surface area (TPSA) is 29.1 Å². The fourth-order valence-electron chi connectivity index (χ4n) is 2.06. The molecule has 0 spiro atoms. The first-order valence-electron chi connectivity index (χ1n) is 7.12. The Bertz CT molecular complexity index is 631. The summed E-state index contributed by atoms with van der Waals surface area (Å²) in [7, 11) is -0.940. The van der Waals surface area contributed by atoms with E-state index in [9.17, 15) is 8.60 Å². The molecular weight excluding hydrogens is 317 g/mol. The highest BCUT2D eigenvalue weighted by Crippen LogP contribution is 2.21. The zero-order valence-electron chi connectivity index (χ0n) is 12.7. The maximum absolute atomic E-state index is 13.5. The maximum atomic E-state index is 13.5. The van der Waals surface area contributed by atoms with E-state index >= 15 is 0 Å². The minimum Gasteiger partial charge on any atom is -0.309 e. The molecule has 0 aliphatic heterocycles. The minimum atomic E-state index is -0.940. The summed E-state index contributed by atoms with van der Waals surface area (Å²) in [6.45, 7) is 2.88. The van der Waals surface area contributed by atoms with Crippen LogP contribution in [0.5, 0.6) is 0 Å². The SMILES string of the molecule is C[C@@H](NCCSc1ccccc1F)c1ccc([S@](C)=O)cc1. The first-order valence-corrected chi connectivity index (χ1v) is 9.66. The molecular formula is C17H20FNOS2. The Labute approximate surface area is 138 Å². The van der Waals surface area contributed by atoms with Crippen LogP contribution in [0.1, 0.15) is 18.5 Å². The van der Waals surface area contributed by atoms with Crippen molar-refractivity contribution in [1.82, 2.24) is 5.32 Å². The average molecular weight is 337 g/mol. The van der Waals surface area contributed by atoms with Gasteiger partial charge >= 0.3 is 0 Å². The lowest BCUT2D eigenvalue weighted by Crippen LogP contribution is -2.21. The number of halogens is 1. The van der Waals surface area contributed by atoms with Crippen LogP contribution < -0.4 is 5.32 Å². The number of hydrogen-bond acceptors (Lipinski definition) is 3. The standard InChI is InChI=1S/C17H20FNOS2/c1-13(14-7-9-15(10-8-14)22(2)20)19-11-12-21-17-6-4-3-5-16(17)18/h3-10,13,19H,11-12H2,1-2H3/t13-,22+/m1/s1. The van der Waals surface area contributed by atoms with Crippen LogP contribution in [0.2, 0.25) is 0 Å². The van der Waals surface area contributed by atoms with Gasteiger partial charge in [-0.25, -0.2) is 4.39 Å². The Hall–Kier alpha value is -1.17. The highest BCUT2D eigenvalue weighted by Gasteiger charge is 2.06. The van der Waals surface area contributed by atoms with E-state index in [4.69, 9.17) is 0 Å². The number of benzene rings is 2. The summed E-state index contributed by atoms with van der Waals surface area (Å²) in [5.41, 5.74) is 1.16. The highest BCUT2D eigenvalue weighted by molar-refractivity contribution is 7.99. The van der Waals surface area contributed by atoms with Crippen molar-refractivity contribution >= 4 is 22.6 Å². The van der Waals surface area contributed by atoms with Gasteiger partial charge in [0.15, 0.2) is 0 Å². The van der Waals surface area contributed by atoms with Crippen molar-refractivity contribution in [3.8, 4) is 0 Å². The normalized spacial score (nSPS) is 13.8. The molecule has 0 saturated carbocycles. The van der Waals surface area contributed by atoms with Gasteiger partial charge in [0.1, 0.15) is 5.82 Å². The van der Waals surface area contributed by atoms with Crippen molar-refractivity contribution in [3.05, 3.63) is 59.9 Å². The van der Waals surface area contributed by atoms with Crippen LogP contribution in [-0.4, -0.2) is 22.8 Å². The minimum absolute atomic E-state index is 0.163. The van der Waals surface area contributed by atoms with E-state index in [1.807, 2.05) is 30.3 Å². The van der Waals surface area contributed by atoms with Gasteiger partial charge < -0.3 is 5.32 Å². The van der Waals surface area contributed by atoms with Crippen LogP contribution >= 0.6 is 11.8 Å². The van der Waals surface area contributed by atoms with Crippen LogP contribution in [0.4, 0.5) is 4.39 Å². The summed E-state index contributed by atoms with van der Waals surface area (Å²) < 4.78 is 24.8. The quantitative estimate of drug-likeness (QED) is 0.611. The lowest BCUT2D eigenvalue weighted by Gasteiger charge is -2.14. The zero-order chi connectivity index (χ0) is 15.9. The van der Waals surface area contributed by atoms with Gasteiger partial charge in [-0.3, -0.25) is 4.21 Å². The van der Waals surface area contributed by atoms with E-state index in [2.05, 4.69) is 12.2 Å².